The number of anilines is 1. The molecule has 0 spiro atoms. The van der Waals surface area contributed by atoms with Gasteiger partial charge in [-0.1, -0.05) is 24.3 Å². The molecule has 142 valence electrons. The number of ether oxygens (including phenoxy) is 2. The number of nitrogens with zero attached hydrogens (tertiary/aromatic N) is 2. The zero-order valence-corrected chi connectivity index (χ0v) is 16.0. The van der Waals surface area contributed by atoms with Crippen LogP contribution in [0.15, 0.2) is 64.9 Å². The highest BCUT2D eigenvalue weighted by Gasteiger charge is 2.46. The van der Waals surface area contributed by atoms with E-state index < -0.39 is 15.9 Å². The lowest BCUT2D eigenvalue weighted by Gasteiger charge is -2.36. The Labute approximate surface area is 162 Å². The number of hydrogen-bond donors (Lipinski definition) is 1. The maximum Gasteiger partial charge on any atom is 0.264 e. The molecule has 7 nitrogen and oxygen atoms in total. The lowest BCUT2D eigenvalue weighted by atomic mass is 9.88. The fourth-order valence-electron chi connectivity index (χ4n) is 3.52. The van der Waals surface area contributed by atoms with Crippen molar-refractivity contribution in [2.24, 2.45) is 5.73 Å². The van der Waals surface area contributed by atoms with Gasteiger partial charge in [0.05, 0.1) is 18.7 Å². The van der Waals surface area contributed by atoms with Gasteiger partial charge in [0.1, 0.15) is 22.3 Å². The molecule has 0 amide bonds. The van der Waals surface area contributed by atoms with Gasteiger partial charge in [0, 0.05) is 12.6 Å². The molecule has 2 aromatic carbocycles. The summed E-state index contributed by atoms with van der Waals surface area (Å²) in [6.45, 7) is 0. The van der Waals surface area contributed by atoms with Crippen molar-refractivity contribution in [1.29, 1.82) is 5.26 Å². The zero-order valence-electron chi connectivity index (χ0n) is 15.2. The van der Waals surface area contributed by atoms with Crippen LogP contribution in [0.25, 0.3) is 5.76 Å². The fourth-order valence-corrected chi connectivity index (χ4v) is 5.18. The van der Waals surface area contributed by atoms with Crippen LogP contribution in [0.2, 0.25) is 0 Å². The molecule has 2 aromatic rings. The summed E-state index contributed by atoms with van der Waals surface area (Å²) in [5.74, 6) is -0.197. The van der Waals surface area contributed by atoms with Gasteiger partial charge in [0.15, 0.2) is 5.76 Å². The summed E-state index contributed by atoms with van der Waals surface area (Å²) in [5, 5.41) is 9.69. The van der Waals surface area contributed by atoms with Crippen LogP contribution in [0.1, 0.15) is 17.0 Å². The minimum Gasteiger partial charge on any atom is -0.497 e. The van der Waals surface area contributed by atoms with Crippen molar-refractivity contribution in [2.75, 3.05) is 18.5 Å². The number of sulfonamides is 1. The highest BCUT2D eigenvalue weighted by Crippen LogP contribution is 2.50. The Bertz CT molecular complexity index is 1170. The van der Waals surface area contributed by atoms with Crippen LogP contribution >= 0.6 is 0 Å². The first-order valence-electron chi connectivity index (χ1n) is 8.44. The first-order valence-corrected chi connectivity index (χ1v) is 9.88. The van der Waals surface area contributed by atoms with Crippen molar-refractivity contribution in [3.8, 4) is 11.8 Å². The van der Waals surface area contributed by atoms with Crippen LogP contribution in [-0.2, 0) is 14.8 Å². The predicted molar refractivity (Wildman–Crippen MR) is 104 cm³/mol. The van der Waals surface area contributed by atoms with E-state index in [1.807, 2.05) is 6.07 Å². The summed E-state index contributed by atoms with van der Waals surface area (Å²) in [5.41, 5.74) is 7.78. The maximum atomic E-state index is 13.4. The minimum atomic E-state index is -3.94. The molecule has 4 rings (SSSR count). The van der Waals surface area contributed by atoms with Crippen molar-refractivity contribution < 1.29 is 17.9 Å². The molecule has 0 bridgehead atoms. The Balaban J connectivity index is 2.03. The summed E-state index contributed by atoms with van der Waals surface area (Å²) in [4.78, 5) is 0.00427. The van der Waals surface area contributed by atoms with Gasteiger partial charge in [-0.15, -0.1) is 0 Å². The van der Waals surface area contributed by atoms with Crippen LogP contribution < -0.4 is 14.8 Å². The predicted octanol–water partition coefficient (Wildman–Crippen LogP) is 2.65. The summed E-state index contributed by atoms with van der Waals surface area (Å²) in [7, 11) is -0.915. The summed E-state index contributed by atoms with van der Waals surface area (Å²) < 4.78 is 38.8. The molecule has 1 unspecified atom stereocenters. The van der Waals surface area contributed by atoms with Crippen molar-refractivity contribution in [2.45, 2.75) is 5.92 Å². The molecule has 2 N–H and O–H groups in total. The van der Waals surface area contributed by atoms with Gasteiger partial charge < -0.3 is 15.2 Å². The molecule has 0 aromatic heterocycles. The minimum absolute atomic E-state index is 0.00427. The second kappa shape index (κ2) is 6.32. The third-order valence-corrected chi connectivity index (χ3v) is 6.84. The number of allylic oxidation sites excluding steroid dienone is 2. The van der Waals surface area contributed by atoms with Crippen LogP contribution in [0.5, 0.6) is 5.75 Å². The lowest BCUT2D eigenvalue weighted by Crippen LogP contribution is -2.37. The molecule has 28 heavy (non-hydrogen) atoms. The van der Waals surface area contributed by atoms with Crippen LogP contribution in [0.3, 0.4) is 0 Å². The standard InChI is InChI=1S/C20H17N3O4S/c1-23-16-6-4-3-5-14(16)18-19(28(23,24)25)17(15(11-21)20(22)27-18)12-7-9-13(26-2)10-8-12/h3-10,17H,22H2,1-2H3. The van der Waals surface area contributed by atoms with Crippen LogP contribution in [-0.4, -0.2) is 22.6 Å². The number of fused-ring (bicyclic) bond motifs is 2. The Morgan fingerprint density at radius 2 is 1.86 bits per heavy atom. The van der Waals surface area contributed by atoms with E-state index in [1.54, 1.807) is 55.6 Å². The molecule has 0 saturated heterocycles. The van der Waals surface area contributed by atoms with E-state index in [9.17, 15) is 13.7 Å². The van der Waals surface area contributed by atoms with E-state index in [2.05, 4.69) is 0 Å². The van der Waals surface area contributed by atoms with Gasteiger partial charge in [0.2, 0.25) is 5.88 Å². The van der Waals surface area contributed by atoms with Gasteiger partial charge in [-0.05, 0) is 29.8 Å². The molecule has 0 aliphatic carbocycles. The Hall–Kier alpha value is -3.44. The number of hydrogen-bond acceptors (Lipinski definition) is 6. The number of methoxy groups -OCH3 is 1. The fraction of sp³-hybridized carbons (Fsp3) is 0.150. The molecule has 2 aliphatic rings. The van der Waals surface area contributed by atoms with Crippen molar-refractivity contribution >= 4 is 21.5 Å². The van der Waals surface area contributed by atoms with E-state index in [4.69, 9.17) is 15.2 Å². The van der Waals surface area contributed by atoms with Crippen molar-refractivity contribution in [3.05, 3.63) is 76.0 Å². The number of nitrogens with two attached hydrogens (primary N) is 1. The first-order chi connectivity index (χ1) is 13.4. The monoisotopic (exact) mass is 395 g/mol. The SMILES string of the molecule is COc1ccc(C2C(C#N)=C(N)OC3=C2S(=O)(=O)N(C)c2ccccc23)cc1. The molecule has 0 saturated carbocycles. The molecule has 2 aliphatic heterocycles. The van der Waals surface area contributed by atoms with Crippen molar-refractivity contribution in [3.63, 3.8) is 0 Å². The Morgan fingerprint density at radius 3 is 2.50 bits per heavy atom. The third-order valence-electron chi connectivity index (χ3n) is 4.95. The van der Waals surface area contributed by atoms with E-state index in [1.165, 1.54) is 11.4 Å². The molecule has 0 fully saturated rings. The first kappa shape index (κ1) is 17.9. The second-order valence-electron chi connectivity index (χ2n) is 6.38. The molecular formula is C20H17N3O4S. The highest BCUT2D eigenvalue weighted by molar-refractivity contribution is 7.96. The average molecular weight is 395 g/mol. The largest absolute Gasteiger partial charge is 0.497 e. The van der Waals surface area contributed by atoms with Crippen LogP contribution in [0.4, 0.5) is 5.69 Å². The Morgan fingerprint density at radius 1 is 1.18 bits per heavy atom. The van der Waals surface area contributed by atoms with E-state index in [0.717, 1.165) is 0 Å². The van der Waals surface area contributed by atoms with Gasteiger partial charge in [-0.2, -0.15) is 5.26 Å². The van der Waals surface area contributed by atoms with E-state index in [0.29, 0.717) is 22.6 Å². The normalized spacial score (nSPS) is 20.0. The van der Waals surface area contributed by atoms with Gasteiger partial charge in [-0.25, -0.2) is 8.42 Å². The van der Waals surface area contributed by atoms with E-state index in [-0.39, 0.29) is 22.1 Å². The molecule has 0 radical (unpaired) electrons. The Kier molecular flexibility index (Phi) is 4.05. The second-order valence-corrected chi connectivity index (χ2v) is 8.32. The van der Waals surface area contributed by atoms with Gasteiger partial charge >= 0.3 is 0 Å². The maximum absolute atomic E-state index is 13.4. The number of para-hydroxylation sites is 1. The number of rotatable bonds is 2. The molecule has 2 heterocycles. The zero-order chi connectivity index (χ0) is 20.1. The quantitative estimate of drug-likeness (QED) is 0.838. The molecule has 1 atom stereocenters. The summed E-state index contributed by atoms with van der Waals surface area (Å²) >= 11 is 0. The van der Waals surface area contributed by atoms with Gasteiger partial charge in [-0.3, -0.25) is 4.31 Å². The number of nitriles is 1. The van der Waals surface area contributed by atoms with Crippen LogP contribution in [0, 0.1) is 11.3 Å². The molecular weight excluding hydrogens is 378 g/mol. The highest BCUT2D eigenvalue weighted by atomic mass is 32.2. The third kappa shape index (κ3) is 2.44. The summed E-state index contributed by atoms with van der Waals surface area (Å²) in [6.07, 6.45) is 0. The van der Waals surface area contributed by atoms with E-state index >= 15 is 0 Å². The smallest absolute Gasteiger partial charge is 0.264 e. The molecule has 8 heteroatoms. The van der Waals surface area contributed by atoms with Gasteiger partial charge in [0.25, 0.3) is 10.0 Å². The van der Waals surface area contributed by atoms with Crippen molar-refractivity contribution in [1.82, 2.24) is 0 Å². The summed E-state index contributed by atoms with van der Waals surface area (Å²) in [6, 6.07) is 15.9. The topological polar surface area (TPSA) is 106 Å². The number of benzene rings is 2. The average Bonchev–Trinajstić information content (AvgIpc) is 2.71. The lowest BCUT2D eigenvalue weighted by molar-refractivity contribution is 0.357.